The highest BCUT2D eigenvalue weighted by molar-refractivity contribution is 6.33. The lowest BCUT2D eigenvalue weighted by molar-refractivity contribution is 0.396. The van der Waals surface area contributed by atoms with Crippen molar-refractivity contribution in [2.75, 3.05) is 0 Å². The van der Waals surface area contributed by atoms with E-state index in [-0.39, 0.29) is 16.5 Å². The molecule has 0 spiro atoms. The molecule has 1 aromatic carbocycles. The molecule has 0 radical (unpaired) electrons. The van der Waals surface area contributed by atoms with Gasteiger partial charge >= 0.3 is 0 Å². The fourth-order valence-electron chi connectivity index (χ4n) is 1.93. The van der Waals surface area contributed by atoms with Crippen LogP contribution in [0.3, 0.4) is 0 Å². The number of aromatic hydroxyl groups is 2. The van der Waals surface area contributed by atoms with E-state index in [1.54, 1.807) is 0 Å². The molecule has 0 bridgehead atoms. The molecule has 0 aromatic heterocycles. The summed E-state index contributed by atoms with van der Waals surface area (Å²) in [5, 5.41) is 19.9. The van der Waals surface area contributed by atoms with Crippen LogP contribution in [0.5, 0.6) is 11.5 Å². The van der Waals surface area contributed by atoms with Gasteiger partial charge in [0.2, 0.25) is 0 Å². The van der Waals surface area contributed by atoms with Gasteiger partial charge in [-0.3, -0.25) is 0 Å². The smallest absolute Gasteiger partial charge is 0.177 e. The van der Waals surface area contributed by atoms with Crippen LogP contribution in [0.2, 0.25) is 5.02 Å². The maximum absolute atomic E-state index is 9.85. The lowest BCUT2D eigenvalue weighted by Crippen LogP contribution is -2.00. The Morgan fingerprint density at radius 2 is 1.41 bits per heavy atom. The van der Waals surface area contributed by atoms with E-state index in [4.69, 9.17) is 11.6 Å². The van der Waals surface area contributed by atoms with Gasteiger partial charge in [-0.2, -0.15) is 0 Å². The second-order valence-corrected chi connectivity index (χ2v) is 5.78. The number of halogens is 1. The highest BCUT2D eigenvalue weighted by Crippen LogP contribution is 2.40. The molecule has 0 unspecified atom stereocenters. The first-order valence-corrected chi connectivity index (χ1v) is 6.42. The van der Waals surface area contributed by atoms with Crippen LogP contribution in [-0.4, -0.2) is 10.2 Å². The van der Waals surface area contributed by atoms with E-state index in [2.05, 4.69) is 27.7 Å². The van der Waals surface area contributed by atoms with Gasteiger partial charge in [0.25, 0.3) is 0 Å². The first kappa shape index (κ1) is 14.2. The number of rotatable bonds is 4. The summed E-state index contributed by atoms with van der Waals surface area (Å²) >= 11 is 6.04. The van der Waals surface area contributed by atoms with Gasteiger partial charge in [0.1, 0.15) is 0 Å². The zero-order valence-corrected chi connectivity index (χ0v) is 11.7. The predicted molar refractivity (Wildman–Crippen MR) is 71.9 cm³/mol. The van der Waals surface area contributed by atoms with Crippen LogP contribution in [0.1, 0.15) is 38.8 Å². The van der Waals surface area contributed by atoms with Crippen molar-refractivity contribution in [2.45, 2.75) is 40.5 Å². The van der Waals surface area contributed by atoms with E-state index in [9.17, 15) is 10.2 Å². The highest BCUT2D eigenvalue weighted by Gasteiger charge is 2.16. The van der Waals surface area contributed by atoms with Crippen LogP contribution < -0.4 is 0 Å². The molecule has 0 heterocycles. The fraction of sp³-hybridized carbons (Fsp3) is 0.571. The average Bonchev–Trinajstić information content (AvgIpc) is 2.20. The Bertz CT molecular complexity index is 363. The minimum absolute atomic E-state index is 0.0730. The van der Waals surface area contributed by atoms with E-state index in [0.717, 1.165) is 24.0 Å². The molecule has 1 aromatic rings. The van der Waals surface area contributed by atoms with Crippen LogP contribution >= 0.6 is 11.6 Å². The van der Waals surface area contributed by atoms with Crippen molar-refractivity contribution in [1.82, 2.24) is 0 Å². The van der Waals surface area contributed by atoms with Gasteiger partial charge in [-0.1, -0.05) is 45.4 Å². The summed E-state index contributed by atoms with van der Waals surface area (Å²) in [6.45, 7) is 8.35. The molecule has 0 atom stereocenters. The predicted octanol–water partition coefficient (Wildman–Crippen LogP) is 4.15. The Balaban J connectivity index is 3.19. The second-order valence-electron chi connectivity index (χ2n) is 5.40. The molecule has 2 nitrogen and oxygen atoms in total. The Morgan fingerprint density at radius 3 is 1.88 bits per heavy atom. The van der Waals surface area contributed by atoms with Gasteiger partial charge in [-0.15, -0.1) is 0 Å². The standard InChI is InChI=1S/C14H21ClO2/c1-8(2)5-10-7-11(6-9(3)4)13(16)14(17)12(10)15/h7-9,16-17H,5-6H2,1-4H3. The van der Waals surface area contributed by atoms with Gasteiger partial charge < -0.3 is 10.2 Å². The molecular formula is C14H21ClO2. The monoisotopic (exact) mass is 256 g/mol. The maximum atomic E-state index is 9.85. The second kappa shape index (κ2) is 5.63. The molecule has 0 amide bonds. The number of hydrogen-bond donors (Lipinski definition) is 2. The van der Waals surface area contributed by atoms with Gasteiger partial charge in [-0.25, -0.2) is 0 Å². The maximum Gasteiger partial charge on any atom is 0.177 e. The lowest BCUT2D eigenvalue weighted by Gasteiger charge is -2.15. The molecule has 0 saturated carbocycles. The lowest BCUT2D eigenvalue weighted by atomic mass is 9.95. The van der Waals surface area contributed by atoms with E-state index in [1.165, 1.54) is 0 Å². The van der Waals surface area contributed by atoms with Crippen LogP contribution in [0.25, 0.3) is 0 Å². The normalized spacial score (nSPS) is 11.5. The zero-order chi connectivity index (χ0) is 13.2. The largest absolute Gasteiger partial charge is 0.504 e. The molecule has 96 valence electrons. The molecular weight excluding hydrogens is 236 g/mol. The van der Waals surface area contributed by atoms with Crippen LogP contribution in [0.4, 0.5) is 0 Å². The fourth-order valence-corrected chi connectivity index (χ4v) is 2.16. The minimum Gasteiger partial charge on any atom is -0.504 e. The van der Waals surface area contributed by atoms with Gasteiger partial charge in [-0.05, 0) is 35.8 Å². The van der Waals surface area contributed by atoms with Crippen molar-refractivity contribution < 1.29 is 10.2 Å². The summed E-state index contributed by atoms with van der Waals surface area (Å²) in [6, 6.07) is 1.91. The summed E-state index contributed by atoms with van der Waals surface area (Å²) in [5.74, 6) is 0.633. The zero-order valence-electron chi connectivity index (χ0n) is 10.9. The van der Waals surface area contributed by atoms with Crippen molar-refractivity contribution in [2.24, 2.45) is 11.8 Å². The van der Waals surface area contributed by atoms with E-state index in [0.29, 0.717) is 11.8 Å². The van der Waals surface area contributed by atoms with Crippen molar-refractivity contribution in [3.63, 3.8) is 0 Å². The van der Waals surface area contributed by atoms with Crippen molar-refractivity contribution in [1.29, 1.82) is 0 Å². The van der Waals surface area contributed by atoms with E-state index >= 15 is 0 Å². The van der Waals surface area contributed by atoms with Crippen molar-refractivity contribution >= 4 is 11.6 Å². The molecule has 0 fully saturated rings. The van der Waals surface area contributed by atoms with Crippen LogP contribution in [-0.2, 0) is 12.8 Å². The Kier molecular flexibility index (Phi) is 4.70. The molecule has 0 aliphatic carbocycles. The summed E-state index contributed by atoms with van der Waals surface area (Å²) < 4.78 is 0. The summed E-state index contributed by atoms with van der Waals surface area (Å²) in [6.07, 6.45) is 1.54. The molecule has 0 aliphatic heterocycles. The summed E-state index contributed by atoms with van der Waals surface area (Å²) in [4.78, 5) is 0. The number of benzene rings is 1. The summed E-state index contributed by atoms with van der Waals surface area (Å²) in [5.41, 5.74) is 1.69. The van der Waals surface area contributed by atoms with Gasteiger partial charge in [0, 0.05) is 0 Å². The van der Waals surface area contributed by atoms with Gasteiger partial charge in [0.15, 0.2) is 11.5 Å². The van der Waals surface area contributed by atoms with E-state index < -0.39 is 0 Å². The van der Waals surface area contributed by atoms with Crippen molar-refractivity contribution in [3.05, 3.63) is 22.2 Å². The van der Waals surface area contributed by atoms with Crippen molar-refractivity contribution in [3.8, 4) is 11.5 Å². The van der Waals surface area contributed by atoms with Gasteiger partial charge in [0.05, 0.1) is 5.02 Å². The van der Waals surface area contributed by atoms with Crippen LogP contribution in [0.15, 0.2) is 6.07 Å². The first-order valence-electron chi connectivity index (χ1n) is 6.05. The number of phenolic OH excluding ortho intramolecular Hbond substituents is 2. The Labute approximate surface area is 108 Å². The first-order chi connectivity index (χ1) is 7.82. The molecule has 2 N–H and O–H groups in total. The average molecular weight is 257 g/mol. The molecule has 3 heteroatoms. The minimum atomic E-state index is -0.180. The third-order valence-electron chi connectivity index (χ3n) is 2.62. The summed E-state index contributed by atoms with van der Waals surface area (Å²) in [7, 11) is 0. The molecule has 17 heavy (non-hydrogen) atoms. The number of hydrogen-bond acceptors (Lipinski definition) is 2. The van der Waals surface area contributed by atoms with E-state index in [1.807, 2.05) is 6.07 Å². The third kappa shape index (κ3) is 3.53. The highest BCUT2D eigenvalue weighted by atomic mass is 35.5. The topological polar surface area (TPSA) is 40.5 Å². The molecule has 0 aliphatic rings. The third-order valence-corrected chi connectivity index (χ3v) is 3.04. The number of phenols is 2. The van der Waals surface area contributed by atoms with Crippen LogP contribution in [0, 0.1) is 11.8 Å². The molecule has 0 saturated heterocycles. The SMILES string of the molecule is CC(C)Cc1cc(CC(C)C)c(Cl)c(O)c1O. The quantitative estimate of drug-likeness (QED) is 0.795. The Morgan fingerprint density at radius 1 is 0.941 bits per heavy atom. The molecule has 1 rings (SSSR count). The Hall–Kier alpha value is -0.890.